The van der Waals surface area contributed by atoms with Crippen LogP contribution in [0, 0.1) is 0 Å². The number of nitrogens with zero attached hydrogens (tertiary/aromatic N) is 4. The Bertz CT molecular complexity index is 614. The first kappa shape index (κ1) is 21.4. The van der Waals surface area contributed by atoms with E-state index < -0.39 is 0 Å². The highest BCUT2D eigenvalue weighted by Gasteiger charge is 2.27. The van der Waals surface area contributed by atoms with Crippen molar-refractivity contribution in [1.82, 2.24) is 19.4 Å². The quantitative estimate of drug-likeness (QED) is 0.583. The second kappa shape index (κ2) is 10.4. The number of likely N-dealkylation sites (N-methyl/N-ethyl adjacent to an activating group) is 1. The van der Waals surface area contributed by atoms with Gasteiger partial charge in [0.1, 0.15) is 5.82 Å². The first-order valence-electron chi connectivity index (χ1n) is 10.0. The molecule has 7 heteroatoms. The third-order valence-corrected chi connectivity index (χ3v) is 5.20. The van der Waals surface area contributed by atoms with Crippen LogP contribution in [-0.2, 0) is 27.3 Å². The predicted octanol–water partition coefficient (Wildman–Crippen LogP) is 2.10. The van der Waals surface area contributed by atoms with Gasteiger partial charge >= 0.3 is 5.97 Å². The minimum absolute atomic E-state index is 0.0335. The molecule has 1 fully saturated rings. The van der Waals surface area contributed by atoms with Crippen LogP contribution in [0.4, 0.5) is 0 Å². The molecule has 1 saturated heterocycles. The predicted molar refractivity (Wildman–Crippen MR) is 104 cm³/mol. The van der Waals surface area contributed by atoms with Crippen LogP contribution < -0.4 is 0 Å². The Morgan fingerprint density at radius 2 is 2.15 bits per heavy atom. The van der Waals surface area contributed by atoms with E-state index in [1.165, 1.54) is 0 Å². The van der Waals surface area contributed by atoms with Gasteiger partial charge in [-0.05, 0) is 33.9 Å². The van der Waals surface area contributed by atoms with Crippen molar-refractivity contribution in [1.29, 1.82) is 0 Å². The molecule has 2 atom stereocenters. The monoisotopic (exact) mass is 378 g/mol. The largest absolute Gasteiger partial charge is 0.463 e. The van der Waals surface area contributed by atoms with E-state index in [2.05, 4.69) is 30.9 Å². The van der Waals surface area contributed by atoms with E-state index in [9.17, 15) is 9.59 Å². The second-order valence-electron chi connectivity index (χ2n) is 7.62. The average molecular weight is 379 g/mol. The minimum atomic E-state index is -0.182. The summed E-state index contributed by atoms with van der Waals surface area (Å²) >= 11 is 0. The fourth-order valence-electron chi connectivity index (χ4n) is 3.50. The Labute approximate surface area is 162 Å². The Morgan fingerprint density at radius 1 is 1.37 bits per heavy atom. The third-order valence-electron chi connectivity index (χ3n) is 5.20. The molecule has 27 heavy (non-hydrogen) atoms. The zero-order valence-electron chi connectivity index (χ0n) is 17.2. The van der Waals surface area contributed by atoms with Crippen LogP contribution >= 0.6 is 0 Å². The highest BCUT2D eigenvalue weighted by molar-refractivity contribution is 5.76. The number of rotatable bonds is 10. The summed E-state index contributed by atoms with van der Waals surface area (Å²) in [6.45, 7) is 6.18. The number of aryl methyl sites for hydroxylation is 2. The maximum Gasteiger partial charge on any atom is 0.307 e. The SMILES string of the molecule is CCCC(C)OC(=O)CCn1ccnc1CCC(=O)N1CC[C@H](N(C)C)C1. The van der Waals surface area contributed by atoms with Gasteiger partial charge in [-0.3, -0.25) is 9.59 Å². The molecular formula is C20H34N4O3. The molecule has 1 unspecified atom stereocenters. The lowest BCUT2D eigenvalue weighted by Crippen LogP contribution is -2.34. The molecule has 0 bridgehead atoms. The molecule has 1 aromatic rings. The van der Waals surface area contributed by atoms with E-state index >= 15 is 0 Å². The van der Waals surface area contributed by atoms with E-state index in [0.717, 1.165) is 38.2 Å². The van der Waals surface area contributed by atoms with Crippen LogP contribution in [0.2, 0.25) is 0 Å². The van der Waals surface area contributed by atoms with Crippen molar-refractivity contribution in [2.75, 3.05) is 27.2 Å². The summed E-state index contributed by atoms with van der Waals surface area (Å²) in [4.78, 5) is 32.9. The van der Waals surface area contributed by atoms with Gasteiger partial charge in [0.25, 0.3) is 0 Å². The van der Waals surface area contributed by atoms with Crippen molar-refractivity contribution in [2.24, 2.45) is 0 Å². The van der Waals surface area contributed by atoms with Crippen molar-refractivity contribution in [3.05, 3.63) is 18.2 Å². The standard InChI is InChI=1S/C20H34N4O3/c1-5-6-16(2)27-20(26)10-13-23-14-11-21-18(23)7-8-19(25)24-12-9-17(15-24)22(3)4/h11,14,16-17H,5-10,12-13,15H2,1-4H3/t16?,17-/m0/s1. The zero-order chi connectivity index (χ0) is 19.8. The molecule has 0 radical (unpaired) electrons. The molecule has 1 amide bonds. The number of aromatic nitrogens is 2. The highest BCUT2D eigenvalue weighted by Crippen LogP contribution is 2.15. The first-order valence-corrected chi connectivity index (χ1v) is 10.0. The summed E-state index contributed by atoms with van der Waals surface area (Å²) < 4.78 is 7.34. The number of esters is 1. The van der Waals surface area contributed by atoms with Gasteiger partial charge in [0.05, 0.1) is 12.5 Å². The fraction of sp³-hybridized carbons (Fsp3) is 0.750. The Balaban J connectivity index is 1.76. The van der Waals surface area contributed by atoms with Crippen molar-refractivity contribution in [3.8, 4) is 0 Å². The summed E-state index contributed by atoms with van der Waals surface area (Å²) in [7, 11) is 4.12. The molecule has 0 spiro atoms. The van der Waals surface area contributed by atoms with E-state index in [1.807, 2.05) is 22.6 Å². The van der Waals surface area contributed by atoms with E-state index in [1.54, 1.807) is 6.20 Å². The molecule has 0 N–H and O–H groups in total. The number of carbonyl (C=O) groups is 2. The smallest absolute Gasteiger partial charge is 0.307 e. The molecule has 152 valence electrons. The fourth-order valence-corrected chi connectivity index (χ4v) is 3.50. The van der Waals surface area contributed by atoms with Gasteiger partial charge in [-0.25, -0.2) is 4.98 Å². The summed E-state index contributed by atoms with van der Waals surface area (Å²) in [6, 6.07) is 0.456. The molecule has 0 saturated carbocycles. The maximum atomic E-state index is 12.5. The summed E-state index contributed by atoms with van der Waals surface area (Å²) in [5.74, 6) is 0.848. The molecule has 2 heterocycles. The van der Waals surface area contributed by atoms with Gasteiger partial charge in [-0.2, -0.15) is 0 Å². The zero-order valence-corrected chi connectivity index (χ0v) is 17.2. The number of imidazole rings is 1. The molecule has 0 aromatic carbocycles. The summed E-state index contributed by atoms with van der Waals surface area (Å²) in [5.41, 5.74) is 0. The number of likely N-dealkylation sites (tertiary alicyclic amines) is 1. The lowest BCUT2D eigenvalue weighted by Gasteiger charge is -2.20. The third kappa shape index (κ3) is 6.65. The van der Waals surface area contributed by atoms with E-state index in [0.29, 0.717) is 31.8 Å². The second-order valence-corrected chi connectivity index (χ2v) is 7.62. The minimum Gasteiger partial charge on any atom is -0.463 e. The van der Waals surface area contributed by atoms with Crippen LogP contribution in [0.5, 0.6) is 0 Å². The molecular weight excluding hydrogens is 344 g/mol. The number of amides is 1. The van der Waals surface area contributed by atoms with Gasteiger partial charge < -0.3 is 19.1 Å². The van der Waals surface area contributed by atoms with Crippen LogP contribution in [-0.4, -0.2) is 70.6 Å². The Kier molecular flexibility index (Phi) is 8.28. The topological polar surface area (TPSA) is 67.7 Å². The number of carbonyl (C=O) groups excluding carboxylic acids is 2. The van der Waals surface area contributed by atoms with E-state index in [-0.39, 0.29) is 18.0 Å². The highest BCUT2D eigenvalue weighted by atomic mass is 16.5. The maximum absolute atomic E-state index is 12.5. The van der Waals surface area contributed by atoms with Gasteiger partial charge in [-0.15, -0.1) is 0 Å². The normalized spacial score (nSPS) is 18.1. The molecule has 0 aliphatic carbocycles. The van der Waals surface area contributed by atoms with Crippen LogP contribution in [0.1, 0.15) is 51.8 Å². The van der Waals surface area contributed by atoms with Gasteiger partial charge in [0.15, 0.2) is 0 Å². The molecule has 1 aliphatic rings. The Morgan fingerprint density at radius 3 is 2.81 bits per heavy atom. The van der Waals surface area contributed by atoms with Crippen molar-refractivity contribution in [2.45, 2.75) is 71.1 Å². The van der Waals surface area contributed by atoms with E-state index in [4.69, 9.17) is 4.74 Å². The molecule has 7 nitrogen and oxygen atoms in total. The summed E-state index contributed by atoms with van der Waals surface area (Å²) in [5, 5.41) is 0. The number of ether oxygens (including phenoxy) is 1. The molecule has 1 aliphatic heterocycles. The lowest BCUT2D eigenvalue weighted by atomic mass is 10.2. The van der Waals surface area contributed by atoms with Crippen LogP contribution in [0.25, 0.3) is 0 Å². The van der Waals surface area contributed by atoms with Crippen molar-refractivity contribution in [3.63, 3.8) is 0 Å². The van der Waals surface area contributed by atoms with Crippen LogP contribution in [0.15, 0.2) is 12.4 Å². The first-order chi connectivity index (χ1) is 12.9. The molecule has 2 rings (SSSR count). The van der Waals surface area contributed by atoms with Gasteiger partial charge in [0, 0.05) is 50.9 Å². The van der Waals surface area contributed by atoms with Crippen molar-refractivity contribution < 1.29 is 14.3 Å². The molecule has 1 aromatic heterocycles. The van der Waals surface area contributed by atoms with Gasteiger partial charge in [-0.1, -0.05) is 13.3 Å². The average Bonchev–Trinajstić information content (AvgIpc) is 3.27. The van der Waals surface area contributed by atoms with Gasteiger partial charge in [0.2, 0.25) is 5.91 Å². The van der Waals surface area contributed by atoms with Crippen molar-refractivity contribution >= 4 is 11.9 Å². The summed E-state index contributed by atoms with van der Waals surface area (Å²) in [6.07, 6.45) is 7.84. The number of hydrogen-bond donors (Lipinski definition) is 0. The lowest BCUT2D eigenvalue weighted by molar-refractivity contribution is -0.148. The van der Waals surface area contributed by atoms with Crippen LogP contribution in [0.3, 0.4) is 0 Å². The Hall–Kier alpha value is -1.89. The number of hydrogen-bond acceptors (Lipinski definition) is 5.